The lowest BCUT2D eigenvalue weighted by molar-refractivity contribution is 0.0692. The Kier molecular flexibility index (Phi) is 2.86. The van der Waals surface area contributed by atoms with E-state index < -0.39 is 0 Å². The van der Waals surface area contributed by atoms with Crippen LogP contribution in [-0.2, 0) is 13.0 Å². The minimum absolute atomic E-state index is 0.0392. The van der Waals surface area contributed by atoms with E-state index in [4.69, 9.17) is 10.3 Å². The topological polar surface area (TPSA) is 131 Å². The standard InChI is InChI=1S/C14H12N6O3/c15-14-17-9-6-20(5-3-7(9)12(21)18-14)13(22)10-8-2-1-4-16-11(8)19-23-10/h1-2,4H,3,5-6H2,(H3,15,17,18,21). The molecule has 0 atom stereocenters. The molecule has 1 aliphatic heterocycles. The van der Waals surface area contributed by atoms with Crippen molar-refractivity contribution in [2.45, 2.75) is 13.0 Å². The Hall–Kier alpha value is -3.23. The highest BCUT2D eigenvalue weighted by molar-refractivity contribution is 6.02. The molecular formula is C14H12N6O3. The molecule has 0 spiro atoms. The summed E-state index contributed by atoms with van der Waals surface area (Å²) in [5.41, 5.74) is 6.76. The maximum atomic E-state index is 12.7. The SMILES string of the molecule is Nc1nc2c(c(=O)[nH]1)CCN(C(=O)c1onc3ncccc13)C2. The van der Waals surface area contributed by atoms with Gasteiger partial charge in [0, 0.05) is 18.3 Å². The normalized spacial score (nSPS) is 14.0. The number of nitrogens with one attached hydrogen (secondary N) is 1. The molecule has 0 aromatic carbocycles. The second kappa shape index (κ2) is 4.90. The van der Waals surface area contributed by atoms with E-state index >= 15 is 0 Å². The van der Waals surface area contributed by atoms with Crippen molar-refractivity contribution in [3.05, 3.63) is 45.7 Å². The summed E-state index contributed by atoms with van der Waals surface area (Å²) in [5, 5.41) is 4.34. The van der Waals surface area contributed by atoms with Gasteiger partial charge in [-0.2, -0.15) is 0 Å². The molecule has 3 N–H and O–H groups in total. The number of H-pyrrole nitrogens is 1. The predicted octanol–water partition coefficient (Wildman–Crippen LogP) is 0.0868. The van der Waals surface area contributed by atoms with Gasteiger partial charge in [-0.15, -0.1) is 0 Å². The molecule has 0 unspecified atom stereocenters. The van der Waals surface area contributed by atoms with Gasteiger partial charge in [-0.05, 0) is 18.6 Å². The number of nitrogen functional groups attached to an aromatic ring is 1. The van der Waals surface area contributed by atoms with Crippen LogP contribution in [-0.4, -0.2) is 37.5 Å². The molecule has 1 aliphatic rings. The van der Waals surface area contributed by atoms with E-state index in [0.717, 1.165) is 0 Å². The number of fused-ring (bicyclic) bond motifs is 2. The molecule has 23 heavy (non-hydrogen) atoms. The fourth-order valence-corrected chi connectivity index (χ4v) is 2.72. The summed E-state index contributed by atoms with van der Waals surface area (Å²) >= 11 is 0. The Bertz CT molecular complexity index is 976. The first kappa shape index (κ1) is 13.4. The monoisotopic (exact) mass is 312 g/mol. The van der Waals surface area contributed by atoms with Crippen LogP contribution in [0.2, 0.25) is 0 Å². The third-order valence-electron chi connectivity index (χ3n) is 3.83. The average Bonchev–Trinajstić information content (AvgIpc) is 2.97. The second-order valence-corrected chi connectivity index (χ2v) is 5.24. The average molecular weight is 312 g/mol. The van der Waals surface area contributed by atoms with Crippen molar-refractivity contribution < 1.29 is 9.32 Å². The lowest BCUT2D eigenvalue weighted by Crippen LogP contribution is -2.39. The van der Waals surface area contributed by atoms with Crippen LogP contribution in [0.15, 0.2) is 27.6 Å². The Morgan fingerprint density at radius 2 is 2.30 bits per heavy atom. The molecule has 0 bridgehead atoms. The van der Waals surface area contributed by atoms with Gasteiger partial charge in [0.25, 0.3) is 11.5 Å². The number of amides is 1. The smallest absolute Gasteiger partial charge is 0.293 e. The molecule has 116 valence electrons. The van der Waals surface area contributed by atoms with Crippen LogP contribution >= 0.6 is 0 Å². The number of carbonyl (C=O) groups excluding carboxylic acids is 1. The number of hydrogen-bond donors (Lipinski definition) is 2. The molecule has 4 rings (SSSR count). The van der Waals surface area contributed by atoms with E-state index in [9.17, 15) is 9.59 Å². The van der Waals surface area contributed by atoms with Crippen LogP contribution in [0, 0.1) is 0 Å². The zero-order valence-electron chi connectivity index (χ0n) is 11.9. The largest absolute Gasteiger partial charge is 0.369 e. The van der Waals surface area contributed by atoms with Crippen molar-refractivity contribution in [2.75, 3.05) is 12.3 Å². The maximum Gasteiger partial charge on any atom is 0.293 e. The molecule has 0 radical (unpaired) electrons. The van der Waals surface area contributed by atoms with E-state index in [1.807, 2.05) is 0 Å². The Morgan fingerprint density at radius 3 is 3.17 bits per heavy atom. The third kappa shape index (κ3) is 2.13. The fraction of sp³-hybridized carbons (Fsp3) is 0.214. The lowest BCUT2D eigenvalue weighted by atomic mass is 10.1. The van der Waals surface area contributed by atoms with Gasteiger partial charge >= 0.3 is 0 Å². The van der Waals surface area contributed by atoms with Gasteiger partial charge in [0.05, 0.1) is 17.6 Å². The number of hydrogen-bond acceptors (Lipinski definition) is 7. The first-order chi connectivity index (χ1) is 11.1. The van der Waals surface area contributed by atoms with E-state index in [0.29, 0.717) is 35.3 Å². The molecule has 3 aromatic heterocycles. The molecule has 0 saturated carbocycles. The minimum Gasteiger partial charge on any atom is -0.369 e. The van der Waals surface area contributed by atoms with E-state index in [1.54, 1.807) is 23.2 Å². The van der Waals surface area contributed by atoms with Gasteiger partial charge in [0.1, 0.15) is 0 Å². The van der Waals surface area contributed by atoms with E-state index in [-0.39, 0.29) is 29.7 Å². The molecule has 3 aromatic rings. The van der Waals surface area contributed by atoms with Crippen LogP contribution in [0.25, 0.3) is 11.0 Å². The van der Waals surface area contributed by atoms with Crippen molar-refractivity contribution in [2.24, 2.45) is 0 Å². The summed E-state index contributed by atoms with van der Waals surface area (Å²) in [7, 11) is 0. The third-order valence-corrected chi connectivity index (χ3v) is 3.83. The van der Waals surface area contributed by atoms with Crippen molar-refractivity contribution in [1.82, 2.24) is 25.0 Å². The quantitative estimate of drug-likeness (QED) is 0.650. The van der Waals surface area contributed by atoms with Crippen molar-refractivity contribution in [1.29, 1.82) is 0 Å². The van der Waals surface area contributed by atoms with Crippen molar-refractivity contribution >= 4 is 22.9 Å². The summed E-state index contributed by atoms with van der Waals surface area (Å²) in [6, 6.07) is 3.44. The van der Waals surface area contributed by atoms with Crippen molar-refractivity contribution in [3.63, 3.8) is 0 Å². The van der Waals surface area contributed by atoms with Gasteiger partial charge in [-0.25, -0.2) is 9.97 Å². The number of aromatic amines is 1. The summed E-state index contributed by atoms with van der Waals surface area (Å²) in [4.78, 5) is 36.7. The van der Waals surface area contributed by atoms with E-state index in [2.05, 4.69) is 20.1 Å². The summed E-state index contributed by atoms with van der Waals surface area (Å²) in [6.45, 7) is 0.591. The Labute approximate surface area is 129 Å². The number of rotatable bonds is 1. The number of nitrogens with zero attached hydrogens (tertiary/aromatic N) is 4. The maximum absolute atomic E-state index is 12.7. The van der Waals surface area contributed by atoms with Crippen LogP contribution in [0.4, 0.5) is 5.95 Å². The van der Waals surface area contributed by atoms with Gasteiger partial charge in [-0.1, -0.05) is 5.16 Å². The van der Waals surface area contributed by atoms with Crippen molar-refractivity contribution in [3.8, 4) is 0 Å². The lowest BCUT2D eigenvalue weighted by Gasteiger charge is -2.26. The van der Waals surface area contributed by atoms with Gasteiger partial charge < -0.3 is 15.2 Å². The first-order valence-corrected chi connectivity index (χ1v) is 7.00. The molecule has 4 heterocycles. The van der Waals surface area contributed by atoms with Gasteiger partial charge in [-0.3, -0.25) is 14.6 Å². The first-order valence-electron chi connectivity index (χ1n) is 7.00. The fourth-order valence-electron chi connectivity index (χ4n) is 2.72. The van der Waals surface area contributed by atoms with Crippen LogP contribution < -0.4 is 11.3 Å². The summed E-state index contributed by atoms with van der Waals surface area (Å²) in [5.74, 6) is -0.140. The van der Waals surface area contributed by atoms with Crippen LogP contribution in [0.5, 0.6) is 0 Å². The summed E-state index contributed by atoms with van der Waals surface area (Å²) in [6.07, 6.45) is 1.99. The molecule has 1 amide bonds. The van der Waals surface area contributed by atoms with Crippen LogP contribution in [0.3, 0.4) is 0 Å². The number of nitrogens with two attached hydrogens (primary N) is 1. The van der Waals surface area contributed by atoms with Gasteiger partial charge in [0.2, 0.25) is 17.4 Å². The zero-order chi connectivity index (χ0) is 16.0. The van der Waals surface area contributed by atoms with E-state index in [1.165, 1.54) is 0 Å². The predicted molar refractivity (Wildman–Crippen MR) is 79.5 cm³/mol. The Morgan fingerprint density at radius 1 is 1.43 bits per heavy atom. The molecule has 9 heteroatoms. The number of carbonyl (C=O) groups is 1. The molecule has 0 fully saturated rings. The molecule has 0 aliphatic carbocycles. The highest BCUT2D eigenvalue weighted by atomic mass is 16.5. The zero-order valence-corrected chi connectivity index (χ0v) is 11.9. The number of pyridine rings is 1. The second-order valence-electron chi connectivity index (χ2n) is 5.24. The van der Waals surface area contributed by atoms with Gasteiger partial charge in [0.15, 0.2) is 0 Å². The van der Waals surface area contributed by atoms with Crippen LogP contribution in [0.1, 0.15) is 21.8 Å². The number of aromatic nitrogens is 4. The molecular weight excluding hydrogens is 300 g/mol. The highest BCUT2D eigenvalue weighted by Crippen LogP contribution is 2.21. The Balaban J connectivity index is 1.69. The highest BCUT2D eigenvalue weighted by Gasteiger charge is 2.28. The minimum atomic E-state index is -0.313. The summed E-state index contributed by atoms with van der Waals surface area (Å²) < 4.78 is 5.15. The molecule has 9 nitrogen and oxygen atoms in total. The number of anilines is 1. The molecule has 0 saturated heterocycles.